The van der Waals surface area contributed by atoms with E-state index in [1.807, 2.05) is 6.92 Å². The zero-order chi connectivity index (χ0) is 16.3. The quantitative estimate of drug-likeness (QED) is 0.860. The Morgan fingerprint density at radius 1 is 1.36 bits per heavy atom. The molecular formula is C15H15ClN2O3S. The highest BCUT2D eigenvalue weighted by Crippen LogP contribution is 2.24. The molecule has 0 radical (unpaired) electrons. The van der Waals surface area contributed by atoms with Gasteiger partial charge >= 0.3 is 5.97 Å². The van der Waals surface area contributed by atoms with Crippen molar-refractivity contribution in [2.45, 2.75) is 20.8 Å². The Morgan fingerprint density at radius 3 is 2.73 bits per heavy atom. The first kappa shape index (κ1) is 16.5. The molecule has 0 saturated heterocycles. The number of thiazole rings is 1. The maximum atomic E-state index is 12.2. The maximum Gasteiger partial charge on any atom is 0.350 e. The summed E-state index contributed by atoms with van der Waals surface area (Å²) in [4.78, 5) is 28.5. The SMILES string of the molecule is CCOC(=O)c1sc(NC(=O)c2ccc(C)c(Cl)c2)nc1C. The predicted molar refractivity (Wildman–Crippen MR) is 86.9 cm³/mol. The van der Waals surface area contributed by atoms with Crippen molar-refractivity contribution >= 4 is 39.9 Å². The lowest BCUT2D eigenvalue weighted by Crippen LogP contribution is -2.11. The number of nitrogens with one attached hydrogen (secondary N) is 1. The number of nitrogens with zero attached hydrogens (tertiary/aromatic N) is 1. The van der Waals surface area contributed by atoms with Crippen LogP contribution < -0.4 is 5.32 Å². The Hall–Kier alpha value is -1.92. The van der Waals surface area contributed by atoms with Gasteiger partial charge in [0.1, 0.15) is 4.88 Å². The third-order valence-electron chi connectivity index (χ3n) is 2.91. The number of anilines is 1. The van der Waals surface area contributed by atoms with Crippen LogP contribution in [0.5, 0.6) is 0 Å². The monoisotopic (exact) mass is 338 g/mol. The summed E-state index contributed by atoms with van der Waals surface area (Å²) < 4.78 is 4.94. The number of halogens is 1. The molecule has 2 aromatic rings. The number of rotatable bonds is 4. The third-order valence-corrected chi connectivity index (χ3v) is 4.37. The highest BCUT2D eigenvalue weighted by molar-refractivity contribution is 7.17. The number of benzene rings is 1. The highest BCUT2D eigenvalue weighted by Gasteiger charge is 2.18. The number of hydrogen-bond donors (Lipinski definition) is 1. The number of carbonyl (C=O) groups excluding carboxylic acids is 2. The van der Waals surface area contributed by atoms with Gasteiger partial charge < -0.3 is 4.74 Å². The van der Waals surface area contributed by atoms with Crippen molar-refractivity contribution in [2.24, 2.45) is 0 Å². The summed E-state index contributed by atoms with van der Waals surface area (Å²) in [7, 11) is 0. The second-order valence-electron chi connectivity index (χ2n) is 4.57. The molecular weight excluding hydrogens is 324 g/mol. The van der Waals surface area contributed by atoms with E-state index in [-0.39, 0.29) is 5.91 Å². The van der Waals surface area contributed by atoms with Gasteiger partial charge in [-0.05, 0) is 38.5 Å². The number of amides is 1. The van der Waals surface area contributed by atoms with E-state index < -0.39 is 5.97 Å². The van der Waals surface area contributed by atoms with Crippen LogP contribution in [0.25, 0.3) is 0 Å². The molecule has 22 heavy (non-hydrogen) atoms. The fourth-order valence-corrected chi connectivity index (χ4v) is 2.78. The number of hydrogen-bond acceptors (Lipinski definition) is 5. The van der Waals surface area contributed by atoms with E-state index >= 15 is 0 Å². The van der Waals surface area contributed by atoms with E-state index in [0.29, 0.717) is 32.9 Å². The summed E-state index contributed by atoms with van der Waals surface area (Å²) in [5, 5.41) is 3.54. The van der Waals surface area contributed by atoms with Crippen molar-refractivity contribution in [1.29, 1.82) is 0 Å². The first-order valence-electron chi connectivity index (χ1n) is 6.64. The molecule has 1 aromatic heterocycles. The van der Waals surface area contributed by atoms with E-state index in [2.05, 4.69) is 10.3 Å². The van der Waals surface area contributed by atoms with Gasteiger partial charge in [0.15, 0.2) is 5.13 Å². The predicted octanol–water partition coefficient (Wildman–Crippen LogP) is 3.84. The van der Waals surface area contributed by atoms with Gasteiger partial charge in [-0.3, -0.25) is 10.1 Å². The van der Waals surface area contributed by atoms with Crippen molar-refractivity contribution in [2.75, 3.05) is 11.9 Å². The van der Waals surface area contributed by atoms with Crippen LogP contribution in [0.15, 0.2) is 18.2 Å². The molecule has 0 spiro atoms. The minimum absolute atomic E-state index is 0.291. The molecule has 5 nitrogen and oxygen atoms in total. The van der Waals surface area contributed by atoms with Crippen LogP contribution in [0.3, 0.4) is 0 Å². The van der Waals surface area contributed by atoms with Crippen molar-refractivity contribution in [3.63, 3.8) is 0 Å². The van der Waals surface area contributed by atoms with Crippen molar-refractivity contribution in [3.05, 3.63) is 44.9 Å². The van der Waals surface area contributed by atoms with Crippen LogP contribution >= 0.6 is 22.9 Å². The number of esters is 1. The minimum Gasteiger partial charge on any atom is -0.462 e. The van der Waals surface area contributed by atoms with Crippen molar-refractivity contribution < 1.29 is 14.3 Å². The van der Waals surface area contributed by atoms with E-state index in [1.165, 1.54) is 0 Å². The zero-order valence-electron chi connectivity index (χ0n) is 12.4. The average Bonchev–Trinajstić information content (AvgIpc) is 2.82. The van der Waals surface area contributed by atoms with Gasteiger partial charge in [-0.1, -0.05) is 29.0 Å². The van der Waals surface area contributed by atoms with Crippen LogP contribution in [0, 0.1) is 13.8 Å². The summed E-state index contributed by atoms with van der Waals surface area (Å²) in [6.45, 7) is 5.58. The van der Waals surface area contributed by atoms with Gasteiger partial charge in [0, 0.05) is 10.6 Å². The molecule has 0 saturated carbocycles. The first-order chi connectivity index (χ1) is 10.4. The molecule has 1 heterocycles. The largest absolute Gasteiger partial charge is 0.462 e. The standard InChI is InChI=1S/C15H15ClN2O3S/c1-4-21-14(20)12-9(3)17-15(22-12)18-13(19)10-6-5-8(2)11(16)7-10/h5-7H,4H2,1-3H3,(H,17,18,19). The fourth-order valence-electron chi connectivity index (χ4n) is 1.74. The van der Waals surface area contributed by atoms with Crippen molar-refractivity contribution in [1.82, 2.24) is 4.98 Å². The lowest BCUT2D eigenvalue weighted by Gasteiger charge is -2.03. The molecule has 0 bridgehead atoms. The van der Waals surface area contributed by atoms with Gasteiger partial charge in [-0.2, -0.15) is 0 Å². The second-order valence-corrected chi connectivity index (χ2v) is 5.98. The summed E-state index contributed by atoms with van der Waals surface area (Å²) >= 11 is 7.10. The number of aryl methyl sites for hydroxylation is 2. The molecule has 0 atom stereocenters. The second kappa shape index (κ2) is 6.89. The molecule has 2 rings (SSSR count). The molecule has 116 valence electrons. The Bertz CT molecular complexity index is 728. The molecule has 1 aromatic carbocycles. The molecule has 0 unspecified atom stereocenters. The van der Waals surface area contributed by atoms with Gasteiger partial charge in [0.25, 0.3) is 5.91 Å². The van der Waals surface area contributed by atoms with E-state index in [1.54, 1.807) is 32.0 Å². The minimum atomic E-state index is -0.434. The summed E-state index contributed by atoms with van der Waals surface area (Å²) in [5.74, 6) is -0.762. The van der Waals surface area contributed by atoms with Gasteiger partial charge in [-0.25, -0.2) is 9.78 Å². The highest BCUT2D eigenvalue weighted by atomic mass is 35.5. The van der Waals surface area contributed by atoms with Gasteiger partial charge in [0.05, 0.1) is 12.3 Å². The van der Waals surface area contributed by atoms with E-state index in [0.717, 1.165) is 16.9 Å². The molecule has 0 aliphatic rings. The maximum absolute atomic E-state index is 12.2. The summed E-state index contributed by atoms with van der Waals surface area (Å²) in [5.41, 5.74) is 1.86. The van der Waals surface area contributed by atoms with Gasteiger partial charge in [0.2, 0.25) is 0 Å². The Balaban J connectivity index is 2.16. The fraction of sp³-hybridized carbons (Fsp3) is 0.267. The lowest BCUT2D eigenvalue weighted by molar-refractivity contribution is 0.0531. The molecule has 0 aliphatic heterocycles. The normalized spacial score (nSPS) is 10.4. The molecule has 0 fully saturated rings. The molecule has 0 aliphatic carbocycles. The zero-order valence-corrected chi connectivity index (χ0v) is 14.0. The molecule has 1 N–H and O–H groups in total. The van der Waals surface area contributed by atoms with Crippen LogP contribution in [0.2, 0.25) is 5.02 Å². The van der Waals surface area contributed by atoms with Crippen LogP contribution in [0.1, 0.15) is 38.2 Å². The van der Waals surface area contributed by atoms with Gasteiger partial charge in [-0.15, -0.1) is 0 Å². The topological polar surface area (TPSA) is 68.3 Å². The molecule has 7 heteroatoms. The van der Waals surface area contributed by atoms with Crippen LogP contribution in [-0.4, -0.2) is 23.5 Å². The smallest absolute Gasteiger partial charge is 0.350 e. The Kier molecular flexibility index (Phi) is 5.15. The van der Waals surface area contributed by atoms with E-state index in [4.69, 9.17) is 16.3 Å². The Morgan fingerprint density at radius 2 is 2.09 bits per heavy atom. The number of carbonyl (C=O) groups is 2. The van der Waals surface area contributed by atoms with Crippen molar-refractivity contribution in [3.8, 4) is 0 Å². The van der Waals surface area contributed by atoms with Crippen LogP contribution in [-0.2, 0) is 4.74 Å². The summed E-state index contributed by atoms with van der Waals surface area (Å²) in [6.07, 6.45) is 0. The number of aromatic nitrogens is 1. The molecule has 1 amide bonds. The van der Waals surface area contributed by atoms with Crippen LogP contribution in [0.4, 0.5) is 5.13 Å². The third kappa shape index (κ3) is 3.64. The number of ether oxygens (including phenoxy) is 1. The van der Waals surface area contributed by atoms with E-state index in [9.17, 15) is 9.59 Å². The summed E-state index contributed by atoms with van der Waals surface area (Å²) in [6, 6.07) is 5.05. The Labute approximate surface area is 137 Å². The average molecular weight is 339 g/mol. The first-order valence-corrected chi connectivity index (χ1v) is 7.84. The lowest BCUT2D eigenvalue weighted by atomic mass is 10.1.